The summed E-state index contributed by atoms with van der Waals surface area (Å²) in [6.07, 6.45) is 0.235. The molecule has 3 heterocycles. The molecule has 3 aliphatic rings. The van der Waals surface area contributed by atoms with Gasteiger partial charge in [0.15, 0.2) is 17.9 Å². The fraction of sp³-hybridized carbons (Fsp3) is 0.368. The average molecular weight is 417 g/mol. The lowest BCUT2D eigenvalue weighted by atomic mass is 10.1. The highest BCUT2D eigenvalue weighted by atomic mass is 19.3. The quantitative estimate of drug-likeness (QED) is 0.717. The zero-order valence-corrected chi connectivity index (χ0v) is 15.8. The molecule has 0 radical (unpaired) electrons. The largest absolute Gasteiger partial charge is 0.491 e. The molecule has 0 bridgehead atoms. The molecule has 3 atom stereocenters. The number of amides is 1. The van der Waals surface area contributed by atoms with E-state index in [0.29, 0.717) is 36.0 Å². The van der Waals surface area contributed by atoms with E-state index in [-0.39, 0.29) is 11.7 Å². The van der Waals surface area contributed by atoms with E-state index < -0.39 is 30.0 Å². The predicted octanol–water partition coefficient (Wildman–Crippen LogP) is 1.12. The number of fused-ring (bicyclic) bond motifs is 4. The molecular formula is C19H17F2N5O4. The molecule has 5 rings (SSSR count). The standard InChI is InChI=1S/C19H17F2N5O4/c1-9(17(22)28)23-10-2-3-11-12(6-10)29-5-4-25-7-13(24-18(11)25)26-14(8-27)30-16-15(26)19(16,20)21/h2-3,6-7,9,15-16,23H,4-5H2,1H3,(H2,22,28)/t9-,15-,16+/m0/s1. The molecule has 11 heteroatoms. The number of halogens is 2. The number of benzene rings is 1. The topological polar surface area (TPSA) is 112 Å². The maximum absolute atomic E-state index is 13.9. The average Bonchev–Trinajstić information content (AvgIpc) is 3.04. The number of anilines is 2. The Morgan fingerprint density at radius 3 is 3.00 bits per heavy atom. The van der Waals surface area contributed by atoms with Gasteiger partial charge in [0.2, 0.25) is 5.91 Å². The van der Waals surface area contributed by atoms with Crippen molar-refractivity contribution in [3.63, 3.8) is 0 Å². The third kappa shape index (κ3) is 2.62. The van der Waals surface area contributed by atoms with Crippen molar-refractivity contribution in [2.75, 3.05) is 16.8 Å². The number of hydrogen-bond acceptors (Lipinski definition) is 7. The second kappa shape index (κ2) is 6.20. The minimum Gasteiger partial charge on any atom is -0.491 e. The van der Waals surface area contributed by atoms with Gasteiger partial charge in [0.1, 0.15) is 30.3 Å². The fourth-order valence-corrected chi connectivity index (χ4v) is 3.75. The maximum Gasteiger partial charge on any atom is 0.310 e. The van der Waals surface area contributed by atoms with Crippen molar-refractivity contribution < 1.29 is 27.8 Å². The first-order valence-electron chi connectivity index (χ1n) is 9.30. The Hall–Kier alpha value is -3.59. The second-order valence-electron chi connectivity index (χ2n) is 7.38. The van der Waals surface area contributed by atoms with Crippen LogP contribution in [0.15, 0.2) is 30.3 Å². The molecule has 2 aromatic rings. The molecule has 156 valence electrons. The van der Waals surface area contributed by atoms with E-state index in [4.69, 9.17) is 15.2 Å². The third-order valence-corrected chi connectivity index (χ3v) is 5.41. The Balaban J connectivity index is 1.51. The molecule has 0 unspecified atom stereocenters. The van der Waals surface area contributed by atoms with E-state index in [1.807, 2.05) is 0 Å². The summed E-state index contributed by atoms with van der Waals surface area (Å²) in [4.78, 5) is 28.1. The fourth-order valence-electron chi connectivity index (χ4n) is 3.75. The van der Waals surface area contributed by atoms with Crippen LogP contribution in [-0.2, 0) is 20.9 Å². The number of carbonyl (C=O) groups excluding carboxylic acids is 2. The smallest absolute Gasteiger partial charge is 0.310 e. The molecule has 1 aromatic carbocycles. The first-order valence-corrected chi connectivity index (χ1v) is 9.30. The van der Waals surface area contributed by atoms with Gasteiger partial charge in [-0.25, -0.2) is 9.78 Å². The van der Waals surface area contributed by atoms with E-state index in [9.17, 15) is 18.4 Å². The Morgan fingerprint density at radius 2 is 2.27 bits per heavy atom. The molecule has 1 aromatic heterocycles. The SMILES string of the molecule is C[C@H](Nc1ccc2c(c1)OCCn1cc(N3C(=C=O)O[C@@H]4[C@H]3C4(F)F)nc1-2)C(N)=O. The summed E-state index contributed by atoms with van der Waals surface area (Å²) in [5.74, 6) is -1.04. The van der Waals surface area contributed by atoms with Gasteiger partial charge >= 0.3 is 5.92 Å². The summed E-state index contributed by atoms with van der Waals surface area (Å²) >= 11 is 0. The lowest BCUT2D eigenvalue weighted by Crippen LogP contribution is -2.32. The van der Waals surface area contributed by atoms with E-state index in [0.717, 1.165) is 4.90 Å². The van der Waals surface area contributed by atoms with Crippen LogP contribution in [0, 0.1) is 0 Å². The minimum atomic E-state index is -3.04. The summed E-state index contributed by atoms with van der Waals surface area (Å²) in [6.45, 7) is 2.39. The lowest BCUT2D eigenvalue weighted by Gasteiger charge is -2.17. The molecule has 1 aliphatic carbocycles. The number of nitrogens with one attached hydrogen (secondary N) is 1. The number of rotatable bonds is 4. The van der Waals surface area contributed by atoms with Gasteiger partial charge in [-0.15, -0.1) is 0 Å². The zero-order chi connectivity index (χ0) is 21.2. The summed E-state index contributed by atoms with van der Waals surface area (Å²) in [7, 11) is 0. The van der Waals surface area contributed by atoms with Crippen molar-refractivity contribution >= 4 is 23.4 Å². The number of nitrogens with zero attached hydrogens (tertiary/aromatic N) is 3. The van der Waals surface area contributed by atoms with Crippen LogP contribution >= 0.6 is 0 Å². The monoisotopic (exact) mass is 417 g/mol. The molecule has 1 saturated heterocycles. The molecule has 1 amide bonds. The van der Waals surface area contributed by atoms with Crippen LogP contribution in [0.5, 0.6) is 5.75 Å². The molecule has 30 heavy (non-hydrogen) atoms. The van der Waals surface area contributed by atoms with Crippen LogP contribution in [-0.4, -0.2) is 52.1 Å². The Morgan fingerprint density at radius 1 is 1.47 bits per heavy atom. The van der Waals surface area contributed by atoms with Gasteiger partial charge in [-0.1, -0.05) is 0 Å². The Kier molecular flexibility index (Phi) is 3.81. The number of primary amides is 1. The van der Waals surface area contributed by atoms with Gasteiger partial charge in [0.25, 0.3) is 5.88 Å². The van der Waals surface area contributed by atoms with Crippen LogP contribution in [0.1, 0.15) is 6.92 Å². The predicted molar refractivity (Wildman–Crippen MR) is 101 cm³/mol. The van der Waals surface area contributed by atoms with Crippen molar-refractivity contribution in [3.8, 4) is 17.1 Å². The number of aromatic nitrogens is 2. The zero-order valence-electron chi connectivity index (χ0n) is 15.8. The summed E-state index contributed by atoms with van der Waals surface area (Å²) in [5.41, 5.74) is 6.57. The minimum absolute atomic E-state index is 0.186. The number of alkyl halides is 2. The van der Waals surface area contributed by atoms with E-state index in [2.05, 4.69) is 10.3 Å². The highest BCUT2D eigenvalue weighted by Gasteiger charge is 2.79. The molecule has 0 spiro atoms. The van der Waals surface area contributed by atoms with Crippen molar-refractivity contribution in [1.82, 2.24) is 9.55 Å². The number of hydrogen-bond donors (Lipinski definition) is 2. The van der Waals surface area contributed by atoms with Gasteiger partial charge < -0.3 is 25.1 Å². The third-order valence-electron chi connectivity index (χ3n) is 5.41. The number of carbonyl (C=O) groups is 1. The van der Waals surface area contributed by atoms with Crippen LogP contribution in [0.25, 0.3) is 11.4 Å². The van der Waals surface area contributed by atoms with Crippen molar-refractivity contribution in [2.24, 2.45) is 5.73 Å². The summed E-state index contributed by atoms with van der Waals surface area (Å²) in [5, 5.41) is 2.98. The number of ether oxygens (including phenoxy) is 2. The first-order chi connectivity index (χ1) is 14.3. The maximum atomic E-state index is 13.9. The van der Waals surface area contributed by atoms with Crippen molar-refractivity contribution in [3.05, 3.63) is 30.3 Å². The van der Waals surface area contributed by atoms with Gasteiger partial charge in [-0.3, -0.25) is 9.69 Å². The molecular weight excluding hydrogens is 400 g/mol. The first kappa shape index (κ1) is 18.4. The number of imidazole rings is 1. The lowest BCUT2D eigenvalue weighted by molar-refractivity contribution is -0.118. The second-order valence-corrected chi connectivity index (χ2v) is 7.38. The summed E-state index contributed by atoms with van der Waals surface area (Å²) < 4.78 is 40.3. The Bertz CT molecular complexity index is 1110. The van der Waals surface area contributed by atoms with E-state index in [1.54, 1.807) is 41.8 Å². The van der Waals surface area contributed by atoms with Gasteiger partial charge in [-0.2, -0.15) is 8.78 Å². The molecule has 3 N–H and O–H groups in total. The van der Waals surface area contributed by atoms with Crippen molar-refractivity contribution in [1.29, 1.82) is 0 Å². The van der Waals surface area contributed by atoms with E-state index in [1.165, 1.54) is 0 Å². The Labute approximate surface area is 169 Å². The molecule has 2 aliphatic heterocycles. The van der Waals surface area contributed by atoms with Crippen LogP contribution in [0.4, 0.5) is 20.3 Å². The van der Waals surface area contributed by atoms with Crippen LogP contribution in [0.3, 0.4) is 0 Å². The molecule has 1 saturated carbocycles. The van der Waals surface area contributed by atoms with Gasteiger partial charge in [0, 0.05) is 18.0 Å². The number of nitrogens with two attached hydrogens (primary N) is 1. The molecule has 9 nitrogen and oxygen atoms in total. The highest BCUT2D eigenvalue weighted by molar-refractivity contribution is 5.83. The highest BCUT2D eigenvalue weighted by Crippen LogP contribution is 2.56. The van der Waals surface area contributed by atoms with Gasteiger partial charge in [0.05, 0.1) is 12.1 Å². The van der Waals surface area contributed by atoms with Crippen LogP contribution in [0.2, 0.25) is 0 Å². The van der Waals surface area contributed by atoms with Crippen molar-refractivity contribution in [2.45, 2.75) is 37.6 Å². The molecule has 2 fully saturated rings. The van der Waals surface area contributed by atoms with Crippen LogP contribution < -0.4 is 20.7 Å². The van der Waals surface area contributed by atoms with Gasteiger partial charge in [-0.05, 0) is 19.1 Å². The summed E-state index contributed by atoms with van der Waals surface area (Å²) in [6, 6.07) is 3.39. The normalized spacial score (nSPS) is 23.7. The van der Waals surface area contributed by atoms with E-state index >= 15 is 0 Å².